The summed E-state index contributed by atoms with van der Waals surface area (Å²) in [5.41, 5.74) is 3.80. The predicted octanol–water partition coefficient (Wildman–Crippen LogP) is 2.70. The van der Waals surface area contributed by atoms with Crippen LogP contribution in [0.1, 0.15) is 22.9 Å². The highest BCUT2D eigenvalue weighted by Gasteiger charge is 2.32. The average Bonchev–Trinajstić information content (AvgIpc) is 3.17. The van der Waals surface area contributed by atoms with Crippen LogP contribution in [0.25, 0.3) is 22.2 Å². The zero-order valence-electron chi connectivity index (χ0n) is 17.2. The van der Waals surface area contributed by atoms with Crippen LogP contribution < -0.4 is 11.2 Å². The van der Waals surface area contributed by atoms with Gasteiger partial charge in [0.15, 0.2) is 0 Å². The molecule has 0 bridgehead atoms. The standard InChI is InChI=1S/C24H20N4O3/c1-26-20-18(23(29)27(2)24(26)30)19(16-6-4-3-5-7-16)28-12-13-31-22(21(20)28)17-10-8-15(14-25)9-11-17/h3-11,22H,12-13H2,1-2H3. The maximum Gasteiger partial charge on any atom is 0.331 e. The summed E-state index contributed by atoms with van der Waals surface area (Å²) in [6.45, 7) is 1.03. The fourth-order valence-corrected chi connectivity index (χ4v) is 4.46. The number of ether oxygens (including phenoxy) is 1. The minimum Gasteiger partial charge on any atom is -0.365 e. The van der Waals surface area contributed by atoms with Crippen molar-refractivity contribution >= 4 is 10.9 Å². The maximum atomic E-state index is 13.3. The second kappa shape index (κ2) is 7.11. The van der Waals surface area contributed by atoms with Gasteiger partial charge in [-0.15, -0.1) is 0 Å². The molecule has 1 aliphatic rings. The molecule has 2 aromatic carbocycles. The molecule has 3 heterocycles. The summed E-state index contributed by atoms with van der Waals surface area (Å²) < 4.78 is 10.9. The molecule has 1 aliphatic heterocycles. The van der Waals surface area contributed by atoms with E-state index in [1.165, 1.54) is 11.6 Å². The Hall–Kier alpha value is -3.89. The smallest absolute Gasteiger partial charge is 0.331 e. The largest absolute Gasteiger partial charge is 0.365 e. The van der Waals surface area contributed by atoms with Crippen LogP contribution in [0.3, 0.4) is 0 Å². The molecular formula is C24H20N4O3. The summed E-state index contributed by atoms with van der Waals surface area (Å²) in [5, 5.41) is 9.64. The lowest BCUT2D eigenvalue weighted by Gasteiger charge is -2.27. The number of hydrogen-bond acceptors (Lipinski definition) is 4. The number of fused-ring (bicyclic) bond motifs is 3. The summed E-state index contributed by atoms with van der Waals surface area (Å²) in [4.78, 5) is 26.1. The second-order valence-electron chi connectivity index (χ2n) is 7.67. The van der Waals surface area contributed by atoms with E-state index in [0.29, 0.717) is 29.6 Å². The van der Waals surface area contributed by atoms with Crippen LogP contribution in [-0.4, -0.2) is 20.3 Å². The SMILES string of the molecule is Cn1c(=O)c2c(-c3ccccc3)n3c(c2n(C)c1=O)C(c1ccc(C#N)cc1)OCC3. The zero-order valence-corrected chi connectivity index (χ0v) is 17.2. The molecule has 2 aromatic heterocycles. The van der Waals surface area contributed by atoms with Crippen molar-refractivity contribution in [2.45, 2.75) is 12.6 Å². The zero-order chi connectivity index (χ0) is 21.7. The van der Waals surface area contributed by atoms with Gasteiger partial charge in [0.1, 0.15) is 6.10 Å². The third-order valence-electron chi connectivity index (χ3n) is 5.94. The first-order valence-electron chi connectivity index (χ1n) is 10.0. The fourth-order valence-electron chi connectivity index (χ4n) is 4.46. The highest BCUT2D eigenvalue weighted by molar-refractivity contribution is 5.96. The van der Waals surface area contributed by atoms with Crippen molar-refractivity contribution in [2.24, 2.45) is 14.1 Å². The molecule has 5 rings (SSSR count). The molecule has 7 heteroatoms. The van der Waals surface area contributed by atoms with E-state index in [1.807, 2.05) is 42.5 Å². The van der Waals surface area contributed by atoms with Gasteiger partial charge in [-0.25, -0.2) is 4.79 Å². The lowest BCUT2D eigenvalue weighted by atomic mass is 10.0. The number of hydrogen-bond donors (Lipinski definition) is 0. The number of nitrogens with zero attached hydrogens (tertiary/aromatic N) is 4. The van der Waals surface area contributed by atoms with Crippen LogP contribution in [0.2, 0.25) is 0 Å². The minimum atomic E-state index is -0.459. The van der Waals surface area contributed by atoms with Crippen molar-refractivity contribution in [1.29, 1.82) is 5.26 Å². The van der Waals surface area contributed by atoms with Gasteiger partial charge in [0.2, 0.25) is 0 Å². The number of nitriles is 1. The average molecular weight is 412 g/mol. The van der Waals surface area contributed by atoms with Crippen molar-refractivity contribution in [2.75, 3.05) is 6.61 Å². The summed E-state index contributed by atoms with van der Waals surface area (Å²) in [6, 6.07) is 19.1. The predicted molar refractivity (Wildman–Crippen MR) is 117 cm³/mol. The van der Waals surface area contributed by atoms with Crippen molar-refractivity contribution in [3.05, 3.63) is 92.3 Å². The first kappa shape index (κ1) is 19.1. The van der Waals surface area contributed by atoms with Gasteiger partial charge in [-0.1, -0.05) is 42.5 Å². The van der Waals surface area contributed by atoms with E-state index in [9.17, 15) is 9.59 Å². The van der Waals surface area contributed by atoms with E-state index in [-0.39, 0.29) is 11.2 Å². The molecule has 7 nitrogen and oxygen atoms in total. The Kier molecular flexibility index (Phi) is 4.38. The van der Waals surface area contributed by atoms with Gasteiger partial charge >= 0.3 is 5.69 Å². The number of rotatable bonds is 2. The number of benzene rings is 2. The molecule has 1 unspecified atom stereocenters. The van der Waals surface area contributed by atoms with Crippen molar-refractivity contribution in [3.8, 4) is 17.3 Å². The Labute approximate surface area is 178 Å². The molecular weight excluding hydrogens is 392 g/mol. The Morgan fingerprint density at radius 2 is 1.71 bits per heavy atom. The molecule has 0 fully saturated rings. The Morgan fingerprint density at radius 1 is 1.00 bits per heavy atom. The Bertz CT molecular complexity index is 1470. The molecule has 4 aromatic rings. The summed E-state index contributed by atoms with van der Waals surface area (Å²) in [6.07, 6.45) is -0.459. The third kappa shape index (κ3) is 2.76. The van der Waals surface area contributed by atoms with E-state index in [4.69, 9.17) is 10.00 Å². The summed E-state index contributed by atoms with van der Waals surface area (Å²) in [7, 11) is 3.19. The van der Waals surface area contributed by atoms with Crippen LogP contribution in [-0.2, 0) is 25.4 Å². The van der Waals surface area contributed by atoms with Crippen molar-refractivity contribution in [3.63, 3.8) is 0 Å². The molecule has 0 amide bonds. The molecule has 154 valence electrons. The topological polar surface area (TPSA) is 82.0 Å². The molecule has 0 aliphatic carbocycles. The second-order valence-corrected chi connectivity index (χ2v) is 7.67. The maximum absolute atomic E-state index is 13.3. The summed E-state index contributed by atoms with van der Waals surface area (Å²) >= 11 is 0. The van der Waals surface area contributed by atoms with Gasteiger partial charge in [0.05, 0.1) is 40.5 Å². The van der Waals surface area contributed by atoms with E-state index < -0.39 is 6.10 Å². The van der Waals surface area contributed by atoms with Crippen LogP contribution in [0, 0.1) is 11.3 Å². The first-order chi connectivity index (χ1) is 15.0. The van der Waals surface area contributed by atoms with Crippen molar-refractivity contribution < 1.29 is 4.74 Å². The number of aromatic nitrogens is 3. The van der Waals surface area contributed by atoms with Crippen molar-refractivity contribution in [1.82, 2.24) is 13.7 Å². The van der Waals surface area contributed by atoms with Crippen LogP contribution in [0.15, 0.2) is 64.2 Å². The molecule has 0 spiro atoms. The summed E-state index contributed by atoms with van der Waals surface area (Å²) in [5.74, 6) is 0. The fraction of sp³-hybridized carbons (Fsp3) is 0.208. The molecule has 31 heavy (non-hydrogen) atoms. The van der Waals surface area contributed by atoms with Gasteiger partial charge in [-0.2, -0.15) is 5.26 Å². The first-order valence-corrected chi connectivity index (χ1v) is 10.0. The van der Waals surface area contributed by atoms with Gasteiger partial charge in [0, 0.05) is 20.6 Å². The quantitative estimate of drug-likeness (QED) is 0.507. The van der Waals surface area contributed by atoms with E-state index in [2.05, 4.69) is 10.6 Å². The molecule has 0 radical (unpaired) electrons. The lowest BCUT2D eigenvalue weighted by molar-refractivity contribution is 0.0478. The van der Waals surface area contributed by atoms with Crippen LogP contribution >= 0.6 is 0 Å². The van der Waals surface area contributed by atoms with E-state index in [1.54, 1.807) is 19.2 Å². The van der Waals surface area contributed by atoms with Crippen LogP contribution in [0.4, 0.5) is 0 Å². The Balaban J connectivity index is 1.91. The lowest BCUT2D eigenvalue weighted by Crippen LogP contribution is -2.37. The Morgan fingerprint density at radius 3 is 2.39 bits per heavy atom. The highest BCUT2D eigenvalue weighted by atomic mass is 16.5. The van der Waals surface area contributed by atoms with E-state index >= 15 is 0 Å². The molecule has 0 N–H and O–H groups in total. The molecule has 1 atom stereocenters. The highest BCUT2D eigenvalue weighted by Crippen LogP contribution is 2.40. The van der Waals surface area contributed by atoms with Gasteiger partial charge in [0.25, 0.3) is 5.56 Å². The monoisotopic (exact) mass is 412 g/mol. The molecule has 0 saturated heterocycles. The molecule has 0 saturated carbocycles. The van der Waals surface area contributed by atoms with E-state index in [0.717, 1.165) is 27.1 Å². The van der Waals surface area contributed by atoms with Gasteiger partial charge < -0.3 is 9.30 Å². The third-order valence-corrected chi connectivity index (χ3v) is 5.94. The van der Waals surface area contributed by atoms with Gasteiger partial charge in [-0.3, -0.25) is 13.9 Å². The number of aryl methyl sites for hydroxylation is 1. The van der Waals surface area contributed by atoms with Crippen LogP contribution in [0.5, 0.6) is 0 Å². The van der Waals surface area contributed by atoms with Gasteiger partial charge in [-0.05, 0) is 23.3 Å². The normalized spacial score (nSPS) is 15.6. The minimum absolute atomic E-state index is 0.322.